The van der Waals surface area contributed by atoms with Gasteiger partial charge in [-0.25, -0.2) is 4.79 Å². The molecule has 0 radical (unpaired) electrons. The zero-order chi connectivity index (χ0) is 28.3. The van der Waals surface area contributed by atoms with Crippen LogP contribution in [0.3, 0.4) is 0 Å². The molecule has 6 rings (SSSR count). The van der Waals surface area contributed by atoms with Crippen LogP contribution in [0.1, 0.15) is 102 Å². The van der Waals surface area contributed by atoms with Gasteiger partial charge in [0, 0.05) is 5.41 Å². The molecule has 3 heteroatoms. The molecule has 2 aromatic rings. The van der Waals surface area contributed by atoms with Gasteiger partial charge in [-0.3, -0.25) is 0 Å². The normalized spacial score (nSPS) is 34.1. The van der Waals surface area contributed by atoms with Gasteiger partial charge in [0.15, 0.2) is 0 Å². The van der Waals surface area contributed by atoms with Gasteiger partial charge in [0.1, 0.15) is 6.10 Å². The van der Waals surface area contributed by atoms with Crippen molar-refractivity contribution in [1.82, 2.24) is 0 Å². The highest BCUT2D eigenvalue weighted by atomic mass is 16.5. The molecule has 4 aliphatic carbocycles. The Labute approximate surface area is 240 Å². The van der Waals surface area contributed by atoms with E-state index >= 15 is 0 Å². The number of allylic oxidation sites excluding steroid dienone is 4. The van der Waals surface area contributed by atoms with Crippen molar-refractivity contribution in [3.8, 4) is 0 Å². The summed E-state index contributed by atoms with van der Waals surface area (Å²) in [5, 5.41) is 11.3. The average Bonchev–Trinajstić information content (AvgIpc) is 3.32. The Balaban J connectivity index is 1.24. The molecule has 0 bridgehead atoms. The van der Waals surface area contributed by atoms with E-state index in [4.69, 9.17) is 4.74 Å². The third-order valence-electron chi connectivity index (χ3n) is 11.9. The molecule has 1 fully saturated rings. The average molecular weight is 539 g/mol. The number of benzene rings is 2. The fraction of sp³-hybridized carbons (Fsp3) is 0.541. The lowest BCUT2D eigenvalue weighted by molar-refractivity contribution is -0.0994. The third kappa shape index (κ3) is 4.23. The Hall–Kier alpha value is -2.65. The van der Waals surface area contributed by atoms with Crippen molar-refractivity contribution < 1.29 is 14.6 Å². The van der Waals surface area contributed by atoms with Crippen LogP contribution in [-0.2, 0) is 4.74 Å². The molecule has 7 unspecified atom stereocenters. The molecule has 0 heterocycles. The SMILES string of the molecule is CC(C(O)c1ccccc1)C1CC=C2C3=C(CCC21C)C1(C)CCC(OC(=O)c2ccccc2)C(C)(C)C1CC3. The second kappa shape index (κ2) is 10.0. The molecule has 0 saturated heterocycles. The van der Waals surface area contributed by atoms with Crippen molar-refractivity contribution >= 4 is 5.97 Å². The van der Waals surface area contributed by atoms with Gasteiger partial charge in [0.05, 0.1) is 11.7 Å². The highest BCUT2D eigenvalue weighted by Crippen LogP contribution is 2.67. The first-order valence-corrected chi connectivity index (χ1v) is 15.5. The predicted molar refractivity (Wildman–Crippen MR) is 161 cm³/mol. The number of aliphatic hydroxyl groups excluding tert-OH is 1. The highest BCUT2D eigenvalue weighted by Gasteiger charge is 2.58. The van der Waals surface area contributed by atoms with Gasteiger partial charge in [-0.15, -0.1) is 0 Å². The Morgan fingerprint density at radius 1 is 0.900 bits per heavy atom. The van der Waals surface area contributed by atoms with E-state index in [1.807, 2.05) is 48.5 Å². The molecule has 7 atom stereocenters. The van der Waals surface area contributed by atoms with Gasteiger partial charge in [0.25, 0.3) is 0 Å². The van der Waals surface area contributed by atoms with Gasteiger partial charge < -0.3 is 9.84 Å². The number of carbonyl (C=O) groups is 1. The maximum Gasteiger partial charge on any atom is 0.338 e. The number of esters is 1. The molecule has 3 nitrogen and oxygen atoms in total. The van der Waals surface area contributed by atoms with Gasteiger partial charge >= 0.3 is 5.97 Å². The standard InChI is InChI=1S/C37H46O3/c1-24(33(38)25-12-8-6-9-13-25)28-17-18-29-27-16-19-31-35(2,3)32(40-34(39)26-14-10-7-11-15-26)21-23-37(31,5)30(27)20-22-36(28,29)4/h6-15,18,24,28,31-33,38H,16-17,19-23H2,1-5H3. The van der Waals surface area contributed by atoms with Gasteiger partial charge in [-0.1, -0.05) is 94.8 Å². The molecule has 1 saturated carbocycles. The summed E-state index contributed by atoms with van der Waals surface area (Å²) < 4.78 is 6.22. The quantitative estimate of drug-likeness (QED) is 0.387. The van der Waals surface area contributed by atoms with Crippen LogP contribution in [-0.4, -0.2) is 17.2 Å². The van der Waals surface area contributed by atoms with Gasteiger partial charge in [-0.05, 0) is 102 Å². The second-order valence-corrected chi connectivity index (χ2v) is 14.2. The molecule has 0 aromatic heterocycles. The summed E-state index contributed by atoms with van der Waals surface area (Å²) in [6.07, 6.45) is 9.63. The number of ether oxygens (including phenoxy) is 1. The van der Waals surface area contributed by atoms with E-state index in [9.17, 15) is 9.90 Å². The zero-order valence-corrected chi connectivity index (χ0v) is 25.0. The minimum atomic E-state index is -0.436. The number of fused-ring (bicyclic) bond motifs is 4. The molecule has 1 N–H and O–H groups in total. The molecule has 2 aromatic carbocycles. The van der Waals surface area contributed by atoms with Gasteiger partial charge in [-0.2, -0.15) is 0 Å². The van der Waals surface area contributed by atoms with Crippen LogP contribution in [0.25, 0.3) is 0 Å². The topological polar surface area (TPSA) is 46.5 Å². The molecule has 0 amide bonds. The monoisotopic (exact) mass is 538 g/mol. The Bertz CT molecular complexity index is 1320. The molecular weight excluding hydrogens is 492 g/mol. The summed E-state index contributed by atoms with van der Waals surface area (Å²) >= 11 is 0. The van der Waals surface area contributed by atoms with Crippen molar-refractivity contribution in [1.29, 1.82) is 0 Å². The van der Waals surface area contributed by atoms with Gasteiger partial charge in [0.2, 0.25) is 0 Å². The summed E-state index contributed by atoms with van der Waals surface area (Å²) in [6.45, 7) is 11.9. The van der Waals surface area contributed by atoms with Crippen LogP contribution < -0.4 is 0 Å². The van der Waals surface area contributed by atoms with Crippen molar-refractivity contribution in [2.45, 2.75) is 91.8 Å². The van der Waals surface area contributed by atoms with E-state index in [2.05, 4.69) is 52.8 Å². The number of rotatable bonds is 5. The summed E-state index contributed by atoms with van der Waals surface area (Å²) in [5.41, 5.74) is 6.75. The fourth-order valence-corrected chi connectivity index (χ4v) is 9.65. The Morgan fingerprint density at radius 2 is 1.57 bits per heavy atom. The van der Waals surface area contributed by atoms with Crippen LogP contribution in [0.4, 0.5) is 0 Å². The lowest BCUT2D eigenvalue weighted by Crippen LogP contribution is -2.54. The van der Waals surface area contributed by atoms with E-state index in [1.165, 1.54) is 0 Å². The highest BCUT2D eigenvalue weighted by molar-refractivity contribution is 5.89. The van der Waals surface area contributed by atoms with E-state index in [0.29, 0.717) is 17.4 Å². The summed E-state index contributed by atoms with van der Waals surface area (Å²) in [5.74, 6) is 0.938. The predicted octanol–water partition coefficient (Wildman–Crippen LogP) is 8.86. The summed E-state index contributed by atoms with van der Waals surface area (Å²) in [4.78, 5) is 13.0. The van der Waals surface area contributed by atoms with E-state index < -0.39 is 6.10 Å². The van der Waals surface area contributed by atoms with Crippen LogP contribution in [0.2, 0.25) is 0 Å². The molecule has 212 valence electrons. The molecule has 40 heavy (non-hydrogen) atoms. The summed E-state index contributed by atoms with van der Waals surface area (Å²) in [7, 11) is 0. The number of aliphatic hydroxyl groups is 1. The minimum Gasteiger partial charge on any atom is -0.458 e. The fourth-order valence-electron chi connectivity index (χ4n) is 9.65. The van der Waals surface area contributed by atoms with E-state index in [-0.39, 0.29) is 34.2 Å². The van der Waals surface area contributed by atoms with E-state index in [1.54, 1.807) is 16.7 Å². The maximum absolute atomic E-state index is 13.0. The molecule has 4 aliphatic rings. The molecular formula is C37H46O3. The van der Waals surface area contributed by atoms with Crippen molar-refractivity contribution in [2.24, 2.45) is 34.0 Å². The largest absolute Gasteiger partial charge is 0.458 e. The van der Waals surface area contributed by atoms with Crippen LogP contribution >= 0.6 is 0 Å². The second-order valence-electron chi connectivity index (χ2n) is 14.2. The van der Waals surface area contributed by atoms with E-state index in [0.717, 1.165) is 50.5 Å². The smallest absolute Gasteiger partial charge is 0.338 e. The zero-order valence-electron chi connectivity index (χ0n) is 25.0. The number of hydrogen-bond acceptors (Lipinski definition) is 3. The lowest BCUT2D eigenvalue weighted by atomic mass is 9.46. The Morgan fingerprint density at radius 3 is 2.27 bits per heavy atom. The first-order valence-electron chi connectivity index (χ1n) is 15.5. The van der Waals surface area contributed by atoms with Crippen LogP contribution in [0, 0.1) is 34.0 Å². The molecule has 0 aliphatic heterocycles. The lowest BCUT2D eigenvalue weighted by Gasteiger charge is -2.59. The van der Waals surface area contributed by atoms with Crippen molar-refractivity contribution in [3.05, 3.63) is 94.6 Å². The van der Waals surface area contributed by atoms with Crippen molar-refractivity contribution in [3.63, 3.8) is 0 Å². The Kier molecular flexibility index (Phi) is 6.89. The number of hydrogen-bond donors (Lipinski definition) is 1. The van der Waals surface area contributed by atoms with Crippen LogP contribution in [0.5, 0.6) is 0 Å². The summed E-state index contributed by atoms with van der Waals surface area (Å²) in [6, 6.07) is 19.6. The number of carbonyl (C=O) groups excluding carboxylic acids is 1. The maximum atomic E-state index is 13.0. The van der Waals surface area contributed by atoms with Crippen LogP contribution in [0.15, 0.2) is 83.5 Å². The first kappa shape index (κ1) is 27.5. The first-order chi connectivity index (χ1) is 19.1. The van der Waals surface area contributed by atoms with Crippen molar-refractivity contribution in [2.75, 3.05) is 0 Å². The third-order valence-corrected chi connectivity index (χ3v) is 11.9. The minimum absolute atomic E-state index is 0.0651. The molecule has 0 spiro atoms.